The van der Waals surface area contributed by atoms with Crippen molar-refractivity contribution in [3.63, 3.8) is 0 Å². The Morgan fingerprint density at radius 2 is 1.93 bits per heavy atom. The second-order valence-corrected chi connectivity index (χ2v) is 5.65. The van der Waals surface area contributed by atoms with E-state index in [1.807, 2.05) is 18.2 Å². The summed E-state index contributed by atoms with van der Waals surface area (Å²) in [4.78, 5) is 11.1. The van der Waals surface area contributed by atoms with Crippen LogP contribution in [0.3, 0.4) is 0 Å². The van der Waals surface area contributed by atoms with Crippen molar-refractivity contribution in [2.24, 2.45) is 5.10 Å². The van der Waals surface area contributed by atoms with E-state index in [-0.39, 0.29) is 5.91 Å². The number of hydrogen-bond acceptors (Lipinski definition) is 6. The molecular weight excluding hydrogens is 346 g/mol. The fourth-order valence-corrected chi connectivity index (χ4v) is 2.38. The number of carbonyl (C=O) groups excluding carboxylic acids is 1. The minimum absolute atomic E-state index is 0.113. The Kier molecular flexibility index (Phi) is 5.78. The van der Waals surface area contributed by atoms with E-state index in [2.05, 4.69) is 20.6 Å². The highest BCUT2D eigenvalue weighted by atomic mass is 16.5. The fourth-order valence-electron chi connectivity index (χ4n) is 2.38. The summed E-state index contributed by atoms with van der Waals surface area (Å²) < 4.78 is 12.8. The average Bonchev–Trinajstić information content (AvgIpc) is 3.19. The van der Waals surface area contributed by atoms with Gasteiger partial charge in [-0.05, 0) is 48.0 Å². The molecule has 8 nitrogen and oxygen atoms in total. The summed E-state index contributed by atoms with van der Waals surface area (Å²) in [5.41, 5.74) is 2.50. The van der Waals surface area contributed by atoms with E-state index in [0.717, 1.165) is 22.6 Å². The van der Waals surface area contributed by atoms with Gasteiger partial charge >= 0.3 is 0 Å². The Morgan fingerprint density at radius 1 is 1.19 bits per heavy atom. The Labute approximate surface area is 156 Å². The molecule has 0 bridgehead atoms. The lowest BCUT2D eigenvalue weighted by molar-refractivity contribution is -0.114. The number of amides is 1. The zero-order valence-electron chi connectivity index (χ0n) is 15.0. The molecule has 1 heterocycles. The van der Waals surface area contributed by atoms with Gasteiger partial charge in [0, 0.05) is 18.2 Å². The molecule has 3 aromatic rings. The van der Waals surface area contributed by atoms with Gasteiger partial charge in [0.05, 0.1) is 13.3 Å². The predicted octanol–water partition coefficient (Wildman–Crippen LogP) is 2.71. The van der Waals surface area contributed by atoms with Crippen molar-refractivity contribution in [3.05, 3.63) is 66.2 Å². The van der Waals surface area contributed by atoms with Crippen LogP contribution in [0.4, 0.5) is 5.69 Å². The van der Waals surface area contributed by atoms with Gasteiger partial charge < -0.3 is 14.8 Å². The zero-order chi connectivity index (χ0) is 19.1. The van der Waals surface area contributed by atoms with Crippen molar-refractivity contribution in [2.45, 2.75) is 13.5 Å². The maximum atomic E-state index is 11.1. The molecule has 0 unspecified atom stereocenters. The maximum Gasteiger partial charge on any atom is 0.221 e. The number of nitrogens with zero attached hydrogens (tertiary/aromatic N) is 4. The van der Waals surface area contributed by atoms with Gasteiger partial charge in [0.2, 0.25) is 5.91 Å². The first-order valence-corrected chi connectivity index (χ1v) is 8.20. The van der Waals surface area contributed by atoms with Gasteiger partial charge in [-0.3, -0.25) is 4.79 Å². The van der Waals surface area contributed by atoms with Gasteiger partial charge in [0.25, 0.3) is 0 Å². The molecule has 0 radical (unpaired) electrons. The summed E-state index contributed by atoms with van der Waals surface area (Å²) in [6, 6.07) is 12.9. The Balaban J connectivity index is 1.69. The van der Waals surface area contributed by atoms with Crippen LogP contribution >= 0.6 is 0 Å². The Hall–Kier alpha value is -3.68. The summed E-state index contributed by atoms with van der Waals surface area (Å²) in [6.45, 7) is 1.80. The summed E-state index contributed by atoms with van der Waals surface area (Å²) in [5, 5.41) is 14.4. The van der Waals surface area contributed by atoms with Crippen LogP contribution in [0.1, 0.15) is 18.1 Å². The van der Waals surface area contributed by atoms with E-state index in [4.69, 9.17) is 9.47 Å². The molecule has 27 heavy (non-hydrogen) atoms. The summed E-state index contributed by atoms with van der Waals surface area (Å²) >= 11 is 0. The smallest absolute Gasteiger partial charge is 0.221 e. The maximum absolute atomic E-state index is 11.1. The van der Waals surface area contributed by atoms with Crippen molar-refractivity contribution < 1.29 is 14.3 Å². The highest BCUT2D eigenvalue weighted by Gasteiger charge is 2.06. The van der Waals surface area contributed by atoms with Gasteiger partial charge in [0.1, 0.15) is 30.8 Å². The number of nitrogens with one attached hydrogen (secondary N) is 1. The number of hydrogen-bond donors (Lipinski definition) is 1. The minimum atomic E-state index is -0.113. The molecule has 0 spiro atoms. The molecule has 0 aliphatic heterocycles. The van der Waals surface area contributed by atoms with E-state index in [9.17, 15) is 4.79 Å². The molecular formula is C19H19N5O3. The molecule has 1 amide bonds. The highest BCUT2D eigenvalue weighted by Crippen LogP contribution is 2.23. The lowest BCUT2D eigenvalue weighted by Gasteiger charge is -2.11. The van der Waals surface area contributed by atoms with Crippen LogP contribution in [0.25, 0.3) is 0 Å². The van der Waals surface area contributed by atoms with Crippen LogP contribution in [0, 0.1) is 0 Å². The second-order valence-electron chi connectivity index (χ2n) is 5.65. The third-order valence-corrected chi connectivity index (χ3v) is 3.62. The van der Waals surface area contributed by atoms with E-state index in [0.29, 0.717) is 12.4 Å². The molecule has 3 rings (SSSR count). The number of rotatable bonds is 7. The number of ether oxygens (including phenoxy) is 2. The largest absolute Gasteiger partial charge is 0.496 e. The number of benzene rings is 2. The standard InChI is InChI=1S/C19H19N5O3/c1-14(25)23-17-4-6-18(7-5-17)27-11-16-9-15(3-8-19(16)26-2)10-22-24-12-20-21-13-24/h3-10,12-13H,11H2,1-2H3,(H,23,25). The van der Waals surface area contributed by atoms with Crippen LogP contribution in [-0.2, 0) is 11.4 Å². The molecule has 2 aromatic carbocycles. The molecule has 0 atom stereocenters. The van der Waals surface area contributed by atoms with E-state index in [1.165, 1.54) is 24.3 Å². The van der Waals surface area contributed by atoms with Gasteiger partial charge in [-0.15, -0.1) is 10.2 Å². The number of anilines is 1. The molecule has 0 aliphatic carbocycles. The second kappa shape index (κ2) is 8.61. The van der Waals surface area contributed by atoms with E-state index < -0.39 is 0 Å². The van der Waals surface area contributed by atoms with Crippen LogP contribution < -0.4 is 14.8 Å². The molecule has 138 valence electrons. The SMILES string of the molecule is COc1ccc(C=Nn2cnnc2)cc1COc1ccc(NC(C)=O)cc1. The first kappa shape index (κ1) is 18.1. The monoisotopic (exact) mass is 365 g/mol. The molecule has 0 saturated heterocycles. The van der Waals surface area contributed by atoms with Gasteiger partial charge in [-0.1, -0.05) is 0 Å². The minimum Gasteiger partial charge on any atom is -0.496 e. The topological polar surface area (TPSA) is 90.6 Å². The zero-order valence-corrected chi connectivity index (χ0v) is 15.0. The van der Waals surface area contributed by atoms with Crippen molar-refractivity contribution in [3.8, 4) is 11.5 Å². The molecule has 1 N–H and O–H groups in total. The summed E-state index contributed by atoms with van der Waals surface area (Å²) in [6.07, 6.45) is 4.72. The van der Waals surface area contributed by atoms with Gasteiger partial charge in [0.15, 0.2) is 0 Å². The fraction of sp³-hybridized carbons (Fsp3) is 0.158. The Bertz CT molecular complexity index is 921. The normalized spacial score (nSPS) is 10.7. The highest BCUT2D eigenvalue weighted by molar-refractivity contribution is 5.88. The molecule has 8 heteroatoms. The van der Waals surface area contributed by atoms with Crippen LogP contribution in [0.5, 0.6) is 11.5 Å². The third-order valence-electron chi connectivity index (χ3n) is 3.62. The van der Waals surface area contributed by atoms with Gasteiger partial charge in [-0.2, -0.15) is 5.10 Å². The molecule has 0 saturated carbocycles. The molecule has 0 aliphatic rings. The molecule has 0 fully saturated rings. The van der Waals surface area contributed by atoms with Crippen LogP contribution in [-0.4, -0.2) is 34.1 Å². The van der Waals surface area contributed by atoms with E-state index >= 15 is 0 Å². The van der Waals surface area contributed by atoms with Crippen molar-refractivity contribution in [1.82, 2.24) is 14.9 Å². The van der Waals surface area contributed by atoms with Crippen molar-refractivity contribution in [2.75, 3.05) is 12.4 Å². The van der Waals surface area contributed by atoms with Gasteiger partial charge in [-0.25, -0.2) is 4.68 Å². The number of methoxy groups -OCH3 is 1. The first-order valence-electron chi connectivity index (χ1n) is 8.20. The lowest BCUT2D eigenvalue weighted by Crippen LogP contribution is -2.05. The van der Waals surface area contributed by atoms with Crippen molar-refractivity contribution in [1.29, 1.82) is 0 Å². The number of aromatic nitrogens is 3. The average molecular weight is 365 g/mol. The first-order chi connectivity index (χ1) is 13.1. The Morgan fingerprint density at radius 3 is 2.59 bits per heavy atom. The van der Waals surface area contributed by atoms with Crippen LogP contribution in [0.15, 0.2) is 60.2 Å². The van der Waals surface area contributed by atoms with E-state index in [1.54, 1.807) is 37.6 Å². The number of carbonyl (C=O) groups is 1. The third kappa shape index (κ3) is 5.15. The quantitative estimate of drug-likeness (QED) is 0.650. The van der Waals surface area contributed by atoms with Crippen LogP contribution in [0.2, 0.25) is 0 Å². The van der Waals surface area contributed by atoms with Crippen molar-refractivity contribution >= 4 is 17.8 Å². The predicted molar refractivity (Wildman–Crippen MR) is 101 cm³/mol. The molecule has 1 aromatic heterocycles. The summed E-state index contributed by atoms with van der Waals surface area (Å²) in [5.74, 6) is 1.30. The lowest BCUT2D eigenvalue weighted by atomic mass is 10.1. The summed E-state index contributed by atoms with van der Waals surface area (Å²) in [7, 11) is 1.62.